The highest BCUT2D eigenvalue weighted by Crippen LogP contribution is 2.66. The number of nitriles is 1. The monoisotopic (exact) mass is 1590 g/mol. The molecule has 7 aromatic carbocycles. The number of aryl methyl sites for hydroxylation is 5. The van der Waals surface area contributed by atoms with Gasteiger partial charge in [0.15, 0.2) is 11.6 Å². The molecule has 0 unspecified atom stereocenters. The Kier molecular flexibility index (Phi) is 25.2. The largest absolute Gasteiger partial charge is 0.528 e. The molecule has 0 spiro atoms. The van der Waals surface area contributed by atoms with Crippen LogP contribution in [-0.4, -0.2) is 18.2 Å². The summed E-state index contributed by atoms with van der Waals surface area (Å²) >= 11 is 7.04. The molecule has 582 valence electrons. The van der Waals surface area contributed by atoms with Crippen molar-refractivity contribution in [3.63, 3.8) is 0 Å². The molecule has 15 rings (SSSR count). The Morgan fingerprint density at radius 2 is 0.767 bits per heavy atom. The van der Waals surface area contributed by atoms with Crippen molar-refractivity contribution in [2.24, 2.45) is 0 Å². The first-order valence-electron chi connectivity index (χ1n) is 42.4. The molecule has 0 N–H and O–H groups in total. The number of carbonyl (C=O) groups excluding carboxylic acids is 2. The number of benzene rings is 7. The summed E-state index contributed by atoms with van der Waals surface area (Å²) in [5.74, 6) is 0.360. The number of nitrogens with zero attached hydrogens (tertiary/aromatic N) is 4. The normalized spacial score (nSPS) is 14.9. The second-order valence-electron chi connectivity index (χ2n) is 31.8. The molecule has 0 amide bonds. The lowest BCUT2D eigenvalue weighted by atomic mass is 9.67. The van der Waals surface area contributed by atoms with Crippen LogP contribution in [0.4, 0.5) is 0 Å². The first-order chi connectivity index (χ1) is 56.9. The van der Waals surface area contributed by atoms with Gasteiger partial charge in [0.25, 0.3) is 5.70 Å². The number of thiophene rings is 4. The first-order valence-corrected chi connectivity index (χ1v) is 45.6. The van der Waals surface area contributed by atoms with Gasteiger partial charge in [-0.1, -0.05) is 277 Å². The lowest BCUT2D eigenvalue weighted by Gasteiger charge is -2.33. The zero-order valence-corrected chi connectivity index (χ0v) is 71.1. The molecule has 0 aliphatic heterocycles. The van der Waals surface area contributed by atoms with Crippen LogP contribution in [0.1, 0.15) is 277 Å². The zero-order valence-electron chi connectivity index (χ0n) is 67.8. The van der Waals surface area contributed by atoms with Crippen molar-refractivity contribution in [2.45, 2.75) is 206 Å². The Morgan fingerprint density at radius 1 is 0.397 bits per heavy atom. The van der Waals surface area contributed by atoms with Gasteiger partial charge in [0.2, 0.25) is 0 Å². The van der Waals surface area contributed by atoms with E-state index in [2.05, 4.69) is 196 Å². The summed E-state index contributed by atoms with van der Waals surface area (Å²) < 4.78 is 7.38. The molecule has 0 saturated carbocycles. The van der Waals surface area contributed by atoms with Crippen molar-refractivity contribution in [1.82, 2.24) is 0 Å². The number of rotatable bonds is 34. The van der Waals surface area contributed by atoms with Crippen LogP contribution in [0.15, 0.2) is 205 Å². The molecule has 0 fully saturated rings. The molecule has 4 aliphatic carbocycles. The molecule has 4 aromatic heterocycles. The summed E-state index contributed by atoms with van der Waals surface area (Å²) in [5.41, 5.74) is 20.2. The SMILES string of the molecule is [C-]#[N+]C([N+]#[C-])=C1/C(=C/c2cc3c(s2)-c2sc(-c4cc(OCCCCCC)c(-c5cc6c(s5)-c5sc(/C=C7\C(=O)c8ccccc8\C7=C(/C#N)[N+]#[C-])cc5C6(c5cccc(CCCCCC)c5)c5cccc(CCCCCC)c5)cc4C)cc2C3(c2cccc(CCCCCC)c2)c2cccc(CCCCCC)c2)C(=O)c2ccccc21. The van der Waals surface area contributed by atoms with Crippen LogP contribution in [0.3, 0.4) is 0 Å². The number of hydrogen-bond acceptors (Lipinski definition) is 8. The van der Waals surface area contributed by atoms with Gasteiger partial charge in [0.1, 0.15) is 18.9 Å². The van der Waals surface area contributed by atoms with Crippen molar-refractivity contribution in [3.05, 3.63) is 343 Å². The van der Waals surface area contributed by atoms with Crippen molar-refractivity contribution < 1.29 is 14.3 Å². The van der Waals surface area contributed by atoms with Crippen LogP contribution in [0, 0.1) is 38.0 Å². The minimum absolute atomic E-state index is 0.0944. The van der Waals surface area contributed by atoms with Crippen LogP contribution < -0.4 is 4.74 Å². The van der Waals surface area contributed by atoms with E-state index in [0.29, 0.717) is 51.2 Å². The maximum Gasteiger partial charge on any atom is 0.528 e. The van der Waals surface area contributed by atoms with Crippen molar-refractivity contribution in [1.29, 1.82) is 5.26 Å². The number of hydrogen-bond donors (Lipinski definition) is 0. The van der Waals surface area contributed by atoms with Gasteiger partial charge in [-0.25, -0.2) is 10.1 Å². The van der Waals surface area contributed by atoms with Gasteiger partial charge < -0.3 is 4.74 Å². The van der Waals surface area contributed by atoms with Crippen LogP contribution in [0.2, 0.25) is 0 Å². The van der Waals surface area contributed by atoms with E-state index in [0.717, 1.165) is 147 Å². The van der Waals surface area contributed by atoms with Crippen LogP contribution in [0.25, 0.3) is 78.2 Å². The molecule has 116 heavy (non-hydrogen) atoms. The second-order valence-corrected chi connectivity index (χ2v) is 36.1. The highest BCUT2D eigenvalue weighted by molar-refractivity contribution is 7.25. The quantitative estimate of drug-likeness (QED) is 0.0174. The summed E-state index contributed by atoms with van der Waals surface area (Å²) in [7, 11) is 0. The van der Waals surface area contributed by atoms with Crippen LogP contribution in [0.5, 0.6) is 5.75 Å². The fourth-order valence-corrected chi connectivity index (χ4v) is 23.6. The minimum atomic E-state index is -0.795. The van der Waals surface area contributed by atoms with Gasteiger partial charge in [-0.2, -0.15) is 9.69 Å². The topological polar surface area (TPSA) is 80.2 Å². The van der Waals surface area contributed by atoms with Gasteiger partial charge in [0.05, 0.1) is 55.2 Å². The molecule has 0 bridgehead atoms. The molecule has 4 aliphatic rings. The van der Waals surface area contributed by atoms with E-state index in [1.54, 1.807) is 28.7 Å². The summed E-state index contributed by atoms with van der Waals surface area (Å²) in [6.45, 7) is 38.8. The van der Waals surface area contributed by atoms with Crippen molar-refractivity contribution in [2.75, 3.05) is 6.61 Å². The first kappa shape index (κ1) is 80.6. The Balaban J connectivity index is 0.945. The van der Waals surface area contributed by atoms with Gasteiger partial charge in [-0.05, 0) is 202 Å². The van der Waals surface area contributed by atoms with E-state index in [4.69, 9.17) is 24.5 Å². The average molecular weight is 1590 g/mol. The van der Waals surface area contributed by atoms with Gasteiger partial charge in [-0.15, -0.1) is 45.3 Å². The predicted octanol–water partition coefficient (Wildman–Crippen LogP) is 30.0. The summed E-state index contributed by atoms with van der Waals surface area (Å²) in [4.78, 5) is 49.5. The molecule has 7 nitrogen and oxygen atoms in total. The highest BCUT2D eigenvalue weighted by atomic mass is 32.1. The molecule has 11 aromatic rings. The Labute approximate surface area is 703 Å². The van der Waals surface area contributed by atoms with Crippen LogP contribution in [-0.2, 0) is 36.5 Å². The molecule has 0 saturated heterocycles. The maximum absolute atomic E-state index is 14.8. The number of Topliss-reactive ketones (excluding diaryl/α,β-unsaturated/α-hetero) is 2. The summed E-state index contributed by atoms with van der Waals surface area (Å²) in [6.07, 6.45) is 30.5. The number of ether oxygens (including phenoxy) is 1. The standard InChI is InChI=1S/C105H100N4O3S4/c1-10-15-20-25-38-69-42-34-46-73(56-69)104(74-47-35-43-70(57-74)39-26-21-16-11-2)88-63-78(61-86-96(103(108-8)109-9)80-51-30-32-53-82(80)98(86)111)114-99(88)101-89(104)65-93(115-101)83-64-92(112-54-33-24-19-14-5)84(55-68(83)6)94-66-90-102(116-94)100-87(62-77(113-100)60-85-95(91(67-106)107-7)79-50-29-31-52-81(79)97(85)110)105(90,75-48-36-44-71(58-75)40-27-22-17-12-3)76-49-37-45-72(59-76)41-28-23-18-13-4/h29-32,34-37,42-53,55-66H,10-28,33,38-41,54H2,1-6H3/b85-60-,86-61-,95-91-. The summed E-state index contributed by atoms with van der Waals surface area (Å²) in [5, 5.41) is 10.5. The molecule has 0 radical (unpaired) electrons. The van der Waals surface area contributed by atoms with E-state index in [9.17, 15) is 14.9 Å². The van der Waals surface area contributed by atoms with E-state index >= 15 is 0 Å². The minimum Gasteiger partial charge on any atom is -0.493 e. The number of carbonyl (C=O) groups is 2. The lowest BCUT2D eigenvalue weighted by Crippen LogP contribution is -2.28. The van der Waals surface area contributed by atoms with Gasteiger partial charge >= 0.3 is 5.82 Å². The fraction of sp³-hybridized carbons (Fsp3) is 0.314. The molecular formula is C105H100N4O3S4. The molecule has 0 atom stereocenters. The Hall–Kier alpha value is -10.6. The van der Waals surface area contributed by atoms with Crippen molar-refractivity contribution >= 4 is 80.2 Å². The van der Waals surface area contributed by atoms with E-state index in [1.165, 1.54) is 135 Å². The lowest BCUT2D eigenvalue weighted by molar-refractivity contribution is 0.103. The van der Waals surface area contributed by atoms with Gasteiger partial charge in [0, 0.05) is 52.9 Å². The fourth-order valence-electron chi connectivity index (χ4n) is 18.4. The predicted molar refractivity (Wildman–Crippen MR) is 486 cm³/mol. The number of unbranched alkanes of at least 4 members (excludes halogenated alkanes) is 15. The van der Waals surface area contributed by atoms with E-state index < -0.39 is 10.8 Å². The molecular weight excluding hydrogens is 1490 g/mol. The Bertz CT molecular complexity index is 5760. The number of fused-ring (bicyclic) bond motifs is 8. The number of allylic oxidation sites excluding steroid dienone is 5. The third-order valence-electron chi connectivity index (χ3n) is 24.2. The molecule has 4 heterocycles. The smallest absolute Gasteiger partial charge is 0.493 e. The van der Waals surface area contributed by atoms with E-state index in [1.807, 2.05) is 77.3 Å². The zero-order chi connectivity index (χ0) is 80.5. The maximum atomic E-state index is 14.8. The van der Waals surface area contributed by atoms with E-state index in [-0.39, 0.29) is 23.1 Å². The number of ketones is 2. The van der Waals surface area contributed by atoms with Gasteiger partial charge in [-0.3, -0.25) is 9.59 Å². The third-order valence-corrected chi connectivity index (χ3v) is 29.0. The third kappa shape index (κ3) is 15.3. The average Bonchev–Trinajstić information content (AvgIpc) is 1.52. The van der Waals surface area contributed by atoms with Crippen molar-refractivity contribution in [3.8, 4) is 52.2 Å². The summed E-state index contributed by atoms with van der Waals surface area (Å²) in [6, 6.07) is 69.0. The van der Waals surface area contributed by atoms with Crippen LogP contribution >= 0.6 is 45.3 Å². The Morgan fingerprint density at radius 3 is 1.16 bits per heavy atom. The highest BCUT2D eigenvalue weighted by Gasteiger charge is 2.52. The molecule has 11 heteroatoms. The second kappa shape index (κ2) is 36.3.